The Labute approximate surface area is 54.7 Å². The fourth-order valence-corrected chi connectivity index (χ4v) is 6.85. The number of hydrogen-bond acceptors (Lipinski definition) is 0. The van der Waals surface area contributed by atoms with Gasteiger partial charge in [0.15, 0.2) is 0 Å². The molecule has 0 aliphatic rings. The zero-order chi connectivity index (χ0) is 4.99. The normalized spacial score (nSPS) is 12.7. The molecule has 0 aliphatic carbocycles. The Morgan fingerprint density at radius 3 is 2.17 bits per heavy atom. The molecule has 0 unspecified atom stereocenters. The average Bonchev–Trinajstić information content (AvgIpc) is 1.35. The van der Waals surface area contributed by atoms with Gasteiger partial charge in [-0.25, -0.2) is 0 Å². The van der Waals surface area contributed by atoms with Crippen molar-refractivity contribution in [2.75, 3.05) is 0 Å². The molecule has 0 heterocycles. The summed E-state index contributed by atoms with van der Waals surface area (Å²) in [4.78, 5) is 0. The molecule has 0 aromatic rings. The van der Waals surface area contributed by atoms with E-state index >= 15 is 0 Å². The van der Waals surface area contributed by atoms with Crippen LogP contribution in [0.5, 0.6) is 0 Å². The maximum absolute atomic E-state index is 5.58. The molecule has 0 saturated carbocycles. The van der Waals surface area contributed by atoms with E-state index in [2.05, 4.69) is 13.8 Å². The van der Waals surface area contributed by atoms with Crippen molar-refractivity contribution in [1.29, 1.82) is 0 Å². The zero-order valence-corrected chi connectivity index (χ0v) is 8.30. The van der Waals surface area contributed by atoms with E-state index in [4.69, 9.17) is 11.1 Å². The molecule has 0 aromatic heterocycles. The van der Waals surface area contributed by atoms with Gasteiger partial charge >= 0.3 is 54.6 Å². The van der Waals surface area contributed by atoms with E-state index in [0.717, 1.165) is 4.14 Å². The Balaban J connectivity index is 2.63. The molecule has 0 atom stereocenters. The second kappa shape index (κ2) is 4.41. The van der Waals surface area contributed by atoms with E-state index in [1.54, 1.807) is 0 Å². The number of halogens is 1. The number of rotatable bonds is 2. The van der Waals surface area contributed by atoms with Crippen LogP contribution in [-0.4, -0.2) is 6.59 Å². The van der Waals surface area contributed by atoms with Gasteiger partial charge in [-0.05, 0) is 0 Å². The molecule has 3 heteroatoms. The van der Waals surface area contributed by atoms with E-state index < -0.39 is 0 Å². The first-order valence-corrected chi connectivity index (χ1v) is 10.2. The van der Waals surface area contributed by atoms with Crippen LogP contribution in [0, 0.1) is 0 Å². The van der Waals surface area contributed by atoms with Crippen molar-refractivity contribution < 1.29 is 19.0 Å². The predicted octanol–water partition coefficient (Wildman–Crippen LogP) is 1.13. The molecule has 0 radical (unpaired) electrons. The van der Waals surface area contributed by atoms with Gasteiger partial charge in [-0.2, -0.15) is 0 Å². The van der Waals surface area contributed by atoms with Gasteiger partial charge in [0.25, 0.3) is 0 Å². The van der Waals surface area contributed by atoms with Crippen LogP contribution in [0.25, 0.3) is 0 Å². The SMILES string of the molecule is C[CH](C)[Au][SiH2]Cl. The van der Waals surface area contributed by atoms with E-state index in [-0.39, 0.29) is 6.59 Å². The van der Waals surface area contributed by atoms with Crippen LogP contribution in [0.4, 0.5) is 0 Å². The molecule has 0 saturated heterocycles. The van der Waals surface area contributed by atoms with Crippen LogP contribution >= 0.6 is 11.1 Å². The van der Waals surface area contributed by atoms with Gasteiger partial charge in [-0.3, -0.25) is 0 Å². The van der Waals surface area contributed by atoms with Crippen molar-refractivity contribution in [3.8, 4) is 0 Å². The first-order chi connectivity index (χ1) is 2.77. The third-order valence-corrected chi connectivity index (χ3v) is 9.47. The molecule has 0 aliphatic heterocycles. The van der Waals surface area contributed by atoms with Crippen molar-refractivity contribution in [1.82, 2.24) is 0 Å². The summed E-state index contributed by atoms with van der Waals surface area (Å²) in [5.41, 5.74) is 0. The minimum atomic E-state index is -0.0640. The summed E-state index contributed by atoms with van der Waals surface area (Å²) in [6.07, 6.45) is 0. The van der Waals surface area contributed by atoms with Crippen molar-refractivity contribution >= 4 is 17.7 Å². The van der Waals surface area contributed by atoms with Crippen molar-refractivity contribution in [3.63, 3.8) is 0 Å². The standard InChI is InChI=1S/C3H7.Au.ClH2Si/c1-3-2;;1-2/h3H,1-2H3;;2H2. The predicted molar refractivity (Wildman–Crippen MR) is 29.5 cm³/mol. The minimum absolute atomic E-state index is 0.0640. The van der Waals surface area contributed by atoms with Gasteiger partial charge in [-0.1, -0.05) is 0 Å². The van der Waals surface area contributed by atoms with Crippen LogP contribution in [0.1, 0.15) is 13.8 Å². The van der Waals surface area contributed by atoms with Crippen LogP contribution in [0.15, 0.2) is 0 Å². The van der Waals surface area contributed by atoms with E-state index in [1.165, 1.54) is 0 Å². The molecule has 0 N–H and O–H groups in total. The van der Waals surface area contributed by atoms with Crippen molar-refractivity contribution in [3.05, 3.63) is 0 Å². The van der Waals surface area contributed by atoms with Gasteiger partial charge in [0, 0.05) is 0 Å². The third-order valence-electron chi connectivity index (χ3n) is 0.293. The second-order valence-electron chi connectivity index (χ2n) is 1.13. The summed E-state index contributed by atoms with van der Waals surface area (Å²) in [6.45, 7) is 4.43. The van der Waals surface area contributed by atoms with Gasteiger partial charge < -0.3 is 0 Å². The average molecular weight is 306 g/mol. The van der Waals surface area contributed by atoms with Gasteiger partial charge in [0.05, 0.1) is 0 Å². The van der Waals surface area contributed by atoms with Gasteiger partial charge in [0.2, 0.25) is 0 Å². The topological polar surface area (TPSA) is 0 Å². The molecule has 0 spiro atoms. The molecule has 0 nitrogen and oxygen atoms in total. The molecule has 0 fully saturated rings. The fourth-order valence-electron chi connectivity index (χ4n) is 0.0930. The molecule has 0 bridgehead atoms. The van der Waals surface area contributed by atoms with Gasteiger partial charge in [-0.15, -0.1) is 0 Å². The van der Waals surface area contributed by atoms with Crippen LogP contribution in [-0.2, 0) is 19.0 Å². The summed E-state index contributed by atoms with van der Waals surface area (Å²) >= 11 is 6.14. The molecule has 43 valence electrons. The second-order valence-corrected chi connectivity index (χ2v) is 12.4. The maximum atomic E-state index is 5.58. The summed E-state index contributed by atoms with van der Waals surface area (Å²) < 4.78 is 0.925. The summed E-state index contributed by atoms with van der Waals surface area (Å²) in [5, 5.41) is 0. The summed E-state index contributed by atoms with van der Waals surface area (Å²) in [7, 11) is 0. The first-order valence-electron chi connectivity index (χ1n) is 1.81. The Morgan fingerprint density at radius 2 is 2.17 bits per heavy atom. The monoisotopic (exact) mass is 305 g/mol. The molecule has 0 rings (SSSR count). The fraction of sp³-hybridized carbons (Fsp3) is 1.00. The Morgan fingerprint density at radius 1 is 1.67 bits per heavy atom. The number of hydrogen-bond donors (Lipinski definition) is 0. The van der Waals surface area contributed by atoms with Crippen molar-refractivity contribution in [2.45, 2.75) is 18.0 Å². The molecular formula is C3H9AuClSi. The molecule has 6 heavy (non-hydrogen) atoms. The Hall–Kier alpha value is 1.25. The van der Waals surface area contributed by atoms with E-state index in [9.17, 15) is 0 Å². The summed E-state index contributed by atoms with van der Waals surface area (Å²) in [5.74, 6) is 0. The first kappa shape index (κ1) is 7.25. The van der Waals surface area contributed by atoms with Gasteiger partial charge in [0.1, 0.15) is 0 Å². The quantitative estimate of drug-likeness (QED) is 0.530. The Kier molecular flexibility index (Phi) is 5.32. The van der Waals surface area contributed by atoms with Crippen LogP contribution < -0.4 is 0 Å². The van der Waals surface area contributed by atoms with E-state index in [0.29, 0.717) is 19.0 Å². The third kappa shape index (κ3) is 5.25. The van der Waals surface area contributed by atoms with Crippen LogP contribution in [0.3, 0.4) is 0 Å². The van der Waals surface area contributed by atoms with Crippen molar-refractivity contribution in [2.24, 2.45) is 0 Å². The van der Waals surface area contributed by atoms with E-state index in [1.807, 2.05) is 0 Å². The molecule has 0 amide bonds. The van der Waals surface area contributed by atoms with Crippen LogP contribution in [0.2, 0.25) is 4.14 Å². The summed E-state index contributed by atoms with van der Waals surface area (Å²) in [6, 6.07) is 0. The Bertz CT molecular complexity index is 32.0. The molecular weight excluding hydrogens is 297 g/mol. The zero-order valence-electron chi connectivity index (χ0n) is 3.96. The molecule has 0 aromatic carbocycles.